The molecule has 0 aromatic heterocycles. The third-order valence-electron chi connectivity index (χ3n) is 4.56. The maximum absolute atomic E-state index is 12.9. The van der Waals surface area contributed by atoms with E-state index >= 15 is 0 Å². The number of methoxy groups -OCH3 is 2. The predicted molar refractivity (Wildman–Crippen MR) is 104 cm³/mol. The second-order valence-corrected chi connectivity index (χ2v) is 6.38. The summed E-state index contributed by atoms with van der Waals surface area (Å²) in [6.45, 7) is 0. The number of carbonyl (C=O) groups excluding carboxylic acids is 1. The van der Waals surface area contributed by atoms with Crippen molar-refractivity contribution in [2.75, 3.05) is 14.2 Å². The van der Waals surface area contributed by atoms with Crippen molar-refractivity contribution in [1.29, 1.82) is 0 Å². The summed E-state index contributed by atoms with van der Waals surface area (Å²) in [5.74, 6) is 0.896. The van der Waals surface area contributed by atoms with Gasteiger partial charge in [0.05, 0.1) is 14.2 Å². The quantitative estimate of drug-likeness (QED) is 0.788. The van der Waals surface area contributed by atoms with E-state index in [2.05, 4.69) is 0 Å². The summed E-state index contributed by atoms with van der Waals surface area (Å²) < 4.78 is 10.3. The van der Waals surface area contributed by atoms with Gasteiger partial charge in [0.15, 0.2) is 28.8 Å². The van der Waals surface area contributed by atoms with Crippen molar-refractivity contribution in [3.05, 3.63) is 58.7 Å². The van der Waals surface area contributed by atoms with E-state index in [0.29, 0.717) is 24.3 Å². The number of carbonyl (C=O) groups is 1. The molecule has 0 saturated heterocycles. The van der Waals surface area contributed by atoms with Crippen LogP contribution in [-0.2, 0) is 4.79 Å². The molecule has 5 nitrogen and oxygen atoms in total. The SMILES string of the molecule is COc1cc(C=C2CCC/C(=C\c3ccc(O)c(OC)c3)C2=O)ccc1O. The Hall–Kier alpha value is -3.21. The molecule has 0 spiro atoms. The minimum Gasteiger partial charge on any atom is -0.504 e. The summed E-state index contributed by atoms with van der Waals surface area (Å²) in [6, 6.07) is 10.0. The maximum atomic E-state index is 12.9. The van der Waals surface area contributed by atoms with Crippen LogP contribution in [-0.4, -0.2) is 30.2 Å². The molecule has 0 atom stereocenters. The number of Topliss-reactive ketones (excluding diaryl/α,β-unsaturated/α-hetero) is 1. The summed E-state index contributed by atoms with van der Waals surface area (Å²) in [6.07, 6.45) is 5.98. The van der Waals surface area contributed by atoms with Crippen LogP contribution in [0.5, 0.6) is 23.0 Å². The predicted octanol–water partition coefficient (Wildman–Crippen LogP) is 4.34. The average molecular weight is 366 g/mol. The molecule has 2 aromatic rings. The molecule has 1 aliphatic carbocycles. The van der Waals surface area contributed by atoms with Crippen LogP contribution in [0.4, 0.5) is 0 Å². The first kappa shape index (κ1) is 18.6. The molecule has 1 saturated carbocycles. The summed E-state index contributed by atoms with van der Waals surface area (Å²) >= 11 is 0. The Bertz CT molecular complexity index is 851. The van der Waals surface area contributed by atoms with Crippen LogP contribution in [0.1, 0.15) is 30.4 Å². The lowest BCUT2D eigenvalue weighted by Crippen LogP contribution is -2.12. The summed E-state index contributed by atoms with van der Waals surface area (Å²) in [5.41, 5.74) is 3.07. The van der Waals surface area contributed by atoms with E-state index in [1.165, 1.54) is 14.2 Å². The van der Waals surface area contributed by atoms with Crippen LogP contribution in [0, 0.1) is 0 Å². The van der Waals surface area contributed by atoms with Crippen LogP contribution in [0.25, 0.3) is 12.2 Å². The largest absolute Gasteiger partial charge is 0.504 e. The van der Waals surface area contributed by atoms with Crippen molar-refractivity contribution >= 4 is 17.9 Å². The molecule has 2 N–H and O–H groups in total. The van der Waals surface area contributed by atoms with Crippen molar-refractivity contribution in [3.63, 3.8) is 0 Å². The minimum absolute atomic E-state index is 0.0142. The van der Waals surface area contributed by atoms with Crippen LogP contribution in [0.3, 0.4) is 0 Å². The van der Waals surface area contributed by atoms with Gasteiger partial charge in [-0.05, 0) is 66.8 Å². The molecule has 2 aromatic carbocycles. The van der Waals surface area contributed by atoms with Crippen molar-refractivity contribution in [2.45, 2.75) is 19.3 Å². The summed E-state index contributed by atoms with van der Waals surface area (Å²) in [4.78, 5) is 12.9. The Labute approximate surface area is 158 Å². The Kier molecular flexibility index (Phi) is 5.50. The van der Waals surface area contributed by atoms with Crippen LogP contribution in [0.15, 0.2) is 47.5 Å². The zero-order chi connectivity index (χ0) is 19.4. The second-order valence-electron chi connectivity index (χ2n) is 6.38. The Morgan fingerprint density at radius 1 is 0.815 bits per heavy atom. The Morgan fingerprint density at radius 3 is 1.67 bits per heavy atom. The minimum atomic E-state index is 0.0142. The second kappa shape index (κ2) is 7.99. The highest BCUT2D eigenvalue weighted by Gasteiger charge is 2.20. The van der Waals surface area contributed by atoms with Crippen molar-refractivity contribution in [2.24, 2.45) is 0 Å². The molecular formula is C22H22O5. The summed E-state index contributed by atoms with van der Waals surface area (Å²) in [7, 11) is 2.98. The number of aromatic hydroxyl groups is 2. The molecule has 27 heavy (non-hydrogen) atoms. The lowest BCUT2D eigenvalue weighted by atomic mass is 9.87. The molecule has 0 heterocycles. The van der Waals surface area contributed by atoms with E-state index in [-0.39, 0.29) is 17.3 Å². The molecule has 0 radical (unpaired) electrons. The molecule has 0 aliphatic heterocycles. The van der Waals surface area contributed by atoms with Crippen LogP contribution in [0.2, 0.25) is 0 Å². The van der Waals surface area contributed by atoms with Gasteiger partial charge < -0.3 is 19.7 Å². The maximum Gasteiger partial charge on any atom is 0.185 e. The zero-order valence-electron chi connectivity index (χ0n) is 15.4. The highest BCUT2D eigenvalue weighted by molar-refractivity contribution is 6.14. The highest BCUT2D eigenvalue weighted by Crippen LogP contribution is 2.32. The number of phenols is 2. The third-order valence-corrected chi connectivity index (χ3v) is 4.56. The number of ether oxygens (including phenoxy) is 2. The monoisotopic (exact) mass is 366 g/mol. The smallest absolute Gasteiger partial charge is 0.185 e. The van der Waals surface area contributed by atoms with E-state index < -0.39 is 0 Å². The number of hydrogen-bond donors (Lipinski definition) is 2. The van der Waals surface area contributed by atoms with Gasteiger partial charge >= 0.3 is 0 Å². The van der Waals surface area contributed by atoms with Gasteiger partial charge in [0, 0.05) is 11.1 Å². The summed E-state index contributed by atoms with van der Waals surface area (Å²) in [5, 5.41) is 19.4. The van der Waals surface area contributed by atoms with Gasteiger partial charge in [-0.3, -0.25) is 4.79 Å². The molecule has 0 bridgehead atoms. The van der Waals surface area contributed by atoms with Gasteiger partial charge in [-0.25, -0.2) is 0 Å². The molecule has 140 valence electrons. The lowest BCUT2D eigenvalue weighted by molar-refractivity contribution is -0.112. The van der Waals surface area contributed by atoms with E-state index in [1.54, 1.807) is 36.4 Å². The first-order chi connectivity index (χ1) is 13.0. The van der Waals surface area contributed by atoms with E-state index in [1.807, 2.05) is 12.2 Å². The van der Waals surface area contributed by atoms with Gasteiger partial charge in [-0.15, -0.1) is 0 Å². The Morgan fingerprint density at radius 2 is 1.26 bits per heavy atom. The van der Waals surface area contributed by atoms with Gasteiger partial charge in [-0.1, -0.05) is 12.1 Å². The van der Waals surface area contributed by atoms with Gasteiger partial charge in [0.1, 0.15) is 0 Å². The number of hydrogen-bond acceptors (Lipinski definition) is 5. The number of ketones is 1. The molecule has 5 heteroatoms. The van der Waals surface area contributed by atoms with Crippen molar-refractivity contribution in [1.82, 2.24) is 0 Å². The van der Waals surface area contributed by atoms with E-state index in [4.69, 9.17) is 9.47 Å². The van der Waals surface area contributed by atoms with Crippen LogP contribution < -0.4 is 9.47 Å². The molecule has 1 aliphatic rings. The third kappa shape index (κ3) is 4.14. The lowest BCUT2D eigenvalue weighted by Gasteiger charge is -2.17. The molecule has 0 unspecified atom stereocenters. The Balaban J connectivity index is 1.89. The number of allylic oxidation sites excluding steroid dienone is 2. The number of phenolic OH excluding ortho intramolecular Hbond substituents is 2. The standard InChI is InChI=1S/C22H22O5/c1-26-20-12-14(6-8-18(20)23)10-16-4-3-5-17(22(16)25)11-15-7-9-19(24)21(13-15)27-2/h6-13,23-24H,3-5H2,1-2H3/b16-10+,17-11?. The van der Waals surface area contributed by atoms with Gasteiger partial charge in [0.2, 0.25) is 0 Å². The normalized spacial score (nSPS) is 17.3. The van der Waals surface area contributed by atoms with Crippen LogP contribution >= 0.6 is 0 Å². The number of rotatable bonds is 4. The average Bonchev–Trinajstić information content (AvgIpc) is 2.67. The van der Waals surface area contributed by atoms with E-state index in [0.717, 1.165) is 28.7 Å². The van der Waals surface area contributed by atoms with Gasteiger partial charge in [0.25, 0.3) is 0 Å². The number of benzene rings is 2. The first-order valence-corrected chi connectivity index (χ1v) is 8.71. The highest BCUT2D eigenvalue weighted by atomic mass is 16.5. The molecule has 1 fully saturated rings. The zero-order valence-corrected chi connectivity index (χ0v) is 15.4. The molecule has 0 amide bonds. The fourth-order valence-electron chi connectivity index (χ4n) is 3.15. The fraction of sp³-hybridized carbons (Fsp3) is 0.227. The molecule has 3 rings (SSSR count). The topological polar surface area (TPSA) is 76.0 Å². The molecular weight excluding hydrogens is 344 g/mol. The van der Waals surface area contributed by atoms with Gasteiger partial charge in [-0.2, -0.15) is 0 Å². The van der Waals surface area contributed by atoms with Crippen molar-refractivity contribution in [3.8, 4) is 23.0 Å². The van der Waals surface area contributed by atoms with Crippen molar-refractivity contribution < 1.29 is 24.5 Å². The first-order valence-electron chi connectivity index (χ1n) is 8.71. The fourth-order valence-corrected chi connectivity index (χ4v) is 3.15. The van der Waals surface area contributed by atoms with E-state index in [9.17, 15) is 15.0 Å².